The minimum Gasteiger partial charge on any atom is -0.377 e. The molecule has 0 aliphatic carbocycles. The van der Waals surface area contributed by atoms with Crippen LogP contribution in [0.2, 0.25) is 0 Å². The van der Waals surface area contributed by atoms with Gasteiger partial charge in [-0.05, 0) is 44.9 Å². The van der Waals surface area contributed by atoms with E-state index in [4.69, 9.17) is 10.5 Å². The molecule has 3 heteroatoms. The molecule has 1 aromatic heterocycles. The van der Waals surface area contributed by atoms with Crippen LogP contribution < -0.4 is 5.73 Å². The highest BCUT2D eigenvalue weighted by Crippen LogP contribution is 2.22. The van der Waals surface area contributed by atoms with E-state index in [9.17, 15) is 0 Å². The minimum absolute atomic E-state index is 0.290. The molecule has 0 bridgehead atoms. The first-order valence-corrected chi connectivity index (χ1v) is 7.10. The van der Waals surface area contributed by atoms with Gasteiger partial charge in [-0.25, -0.2) is 0 Å². The van der Waals surface area contributed by atoms with Gasteiger partial charge in [-0.3, -0.25) is 0 Å². The first-order valence-electron chi connectivity index (χ1n) is 7.10. The Morgan fingerprint density at radius 1 is 1.26 bits per heavy atom. The fraction of sp³-hybridized carbons (Fsp3) is 0.500. The van der Waals surface area contributed by atoms with E-state index in [-0.39, 0.29) is 0 Å². The van der Waals surface area contributed by atoms with Gasteiger partial charge < -0.3 is 15.0 Å². The molecule has 0 spiro atoms. The monoisotopic (exact) mass is 260 g/mol. The highest BCUT2D eigenvalue weighted by molar-refractivity contribution is 5.83. The van der Waals surface area contributed by atoms with Crippen molar-refractivity contribution in [2.24, 2.45) is 5.73 Å². The number of nitrogens with two attached hydrogens (primary N) is 1. The first-order chi connectivity index (χ1) is 9.22. The predicted octanol–water partition coefficient (Wildman–Crippen LogP) is 2.96. The Hall–Kier alpha value is -1.32. The van der Waals surface area contributed by atoms with Crippen molar-refractivity contribution in [2.45, 2.75) is 39.3 Å². The Bertz CT molecular complexity index is 516. The standard InChI is InChI=1S/C16H24N2O/c1-13(2)19-11-10-18-12-14(6-5-9-17)15-7-3-4-8-16(15)18/h3-4,7-8,12-13H,5-6,9-11,17H2,1-2H3. The summed E-state index contributed by atoms with van der Waals surface area (Å²) in [5.74, 6) is 0. The van der Waals surface area contributed by atoms with E-state index in [0.717, 1.165) is 32.5 Å². The Morgan fingerprint density at radius 2 is 2.05 bits per heavy atom. The summed E-state index contributed by atoms with van der Waals surface area (Å²) in [7, 11) is 0. The van der Waals surface area contributed by atoms with E-state index < -0.39 is 0 Å². The summed E-state index contributed by atoms with van der Waals surface area (Å²) in [5.41, 5.74) is 8.30. The molecule has 0 radical (unpaired) electrons. The quantitative estimate of drug-likeness (QED) is 0.831. The van der Waals surface area contributed by atoms with Crippen molar-refractivity contribution >= 4 is 10.9 Å². The third-order valence-corrected chi connectivity index (χ3v) is 3.30. The maximum absolute atomic E-state index is 5.64. The molecule has 3 nitrogen and oxygen atoms in total. The summed E-state index contributed by atoms with van der Waals surface area (Å²) in [6.07, 6.45) is 4.63. The predicted molar refractivity (Wildman–Crippen MR) is 80.4 cm³/mol. The molecule has 0 amide bonds. The number of ether oxygens (including phenoxy) is 1. The number of aryl methyl sites for hydroxylation is 1. The molecule has 2 rings (SSSR count). The van der Waals surface area contributed by atoms with Gasteiger partial charge in [0.1, 0.15) is 0 Å². The van der Waals surface area contributed by atoms with Crippen molar-refractivity contribution < 1.29 is 4.74 Å². The molecule has 1 heterocycles. The van der Waals surface area contributed by atoms with Crippen molar-refractivity contribution in [3.63, 3.8) is 0 Å². The largest absolute Gasteiger partial charge is 0.377 e. The highest BCUT2D eigenvalue weighted by Gasteiger charge is 2.07. The summed E-state index contributed by atoms with van der Waals surface area (Å²) in [6, 6.07) is 8.57. The number of nitrogens with zero attached hydrogens (tertiary/aromatic N) is 1. The summed E-state index contributed by atoms with van der Waals surface area (Å²) in [4.78, 5) is 0. The van der Waals surface area contributed by atoms with Gasteiger partial charge in [-0.2, -0.15) is 0 Å². The fourth-order valence-corrected chi connectivity index (χ4v) is 2.39. The lowest BCUT2D eigenvalue weighted by atomic mass is 10.1. The van der Waals surface area contributed by atoms with Crippen LogP contribution in [0.4, 0.5) is 0 Å². The van der Waals surface area contributed by atoms with E-state index in [1.807, 2.05) is 0 Å². The average molecular weight is 260 g/mol. The number of fused-ring (bicyclic) bond motifs is 1. The third kappa shape index (κ3) is 3.58. The summed E-state index contributed by atoms with van der Waals surface area (Å²) >= 11 is 0. The van der Waals surface area contributed by atoms with Crippen LogP contribution in [-0.4, -0.2) is 23.8 Å². The Morgan fingerprint density at radius 3 is 2.79 bits per heavy atom. The lowest BCUT2D eigenvalue weighted by molar-refractivity contribution is 0.0733. The molecule has 0 fully saturated rings. The van der Waals surface area contributed by atoms with Crippen LogP contribution in [0.1, 0.15) is 25.8 Å². The van der Waals surface area contributed by atoms with Crippen LogP contribution in [0.15, 0.2) is 30.5 Å². The van der Waals surface area contributed by atoms with Crippen molar-refractivity contribution in [2.75, 3.05) is 13.2 Å². The normalized spacial score (nSPS) is 11.6. The second-order valence-electron chi connectivity index (χ2n) is 5.18. The van der Waals surface area contributed by atoms with Crippen molar-refractivity contribution in [3.8, 4) is 0 Å². The molecule has 0 unspecified atom stereocenters. The van der Waals surface area contributed by atoms with Crippen LogP contribution in [0.25, 0.3) is 10.9 Å². The minimum atomic E-state index is 0.290. The van der Waals surface area contributed by atoms with E-state index >= 15 is 0 Å². The number of rotatable bonds is 7. The second-order valence-corrected chi connectivity index (χ2v) is 5.18. The highest BCUT2D eigenvalue weighted by atomic mass is 16.5. The lowest BCUT2D eigenvalue weighted by Crippen LogP contribution is -2.09. The zero-order valence-corrected chi connectivity index (χ0v) is 11.9. The zero-order valence-electron chi connectivity index (χ0n) is 11.9. The molecule has 19 heavy (non-hydrogen) atoms. The van der Waals surface area contributed by atoms with E-state index in [1.165, 1.54) is 16.5 Å². The molecule has 0 aliphatic heterocycles. The topological polar surface area (TPSA) is 40.2 Å². The van der Waals surface area contributed by atoms with Gasteiger partial charge >= 0.3 is 0 Å². The van der Waals surface area contributed by atoms with Crippen molar-refractivity contribution in [3.05, 3.63) is 36.0 Å². The molecule has 104 valence electrons. The first kappa shape index (κ1) is 14.1. The number of para-hydroxylation sites is 1. The molecular weight excluding hydrogens is 236 g/mol. The van der Waals surface area contributed by atoms with Crippen LogP contribution in [0, 0.1) is 0 Å². The lowest BCUT2D eigenvalue weighted by Gasteiger charge is -2.09. The van der Waals surface area contributed by atoms with Crippen LogP contribution in [0.3, 0.4) is 0 Å². The van der Waals surface area contributed by atoms with E-state index in [0.29, 0.717) is 6.10 Å². The van der Waals surface area contributed by atoms with Crippen LogP contribution in [-0.2, 0) is 17.7 Å². The van der Waals surface area contributed by atoms with E-state index in [1.54, 1.807) is 0 Å². The third-order valence-electron chi connectivity index (χ3n) is 3.30. The Labute approximate surface area is 115 Å². The molecule has 2 N–H and O–H groups in total. The molecule has 0 aliphatic rings. The molecular formula is C16H24N2O. The van der Waals surface area contributed by atoms with E-state index in [2.05, 4.69) is 48.9 Å². The summed E-state index contributed by atoms with van der Waals surface area (Å²) in [6.45, 7) is 6.55. The molecule has 2 aromatic rings. The molecule has 0 atom stereocenters. The van der Waals surface area contributed by atoms with Crippen LogP contribution >= 0.6 is 0 Å². The van der Waals surface area contributed by atoms with Gasteiger partial charge in [0.15, 0.2) is 0 Å². The molecule has 0 saturated heterocycles. The number of hydrogen-bond acceptors (Lipinski definition) is 2. The SMILES string of the molecule is CC(C)OCCn1cc(CCCN)c2ccccc21. The Kier molecular flexibility index (Phi) is 5.00. The van der Waals surface area contributed by atoms with Crippen molar-refractivity contribution in [1.82, 2.24) is 4.57 Å². The number of aromatic nitrogens is 1. The average Bonchev–Trinajstić information content (AvgIpc) is 2.75. The number of hydrogen-bond donors (Lipinski definition) is 1. The smallest absolute Gasteiger partial charge is 0.0649 e. The number of benzene rings is 1. The zero-order chi connectivity index (χ0) is 13.7. The fourth-order valence-electron chi connectivity index (χ4n) is 2.39. The van der Waals surface area contributed by atoms with Gasteiger partial charge in [-0.15, -0.1) is 0 Å². The van der Waals surface area contributed by atoms with Gasteiger partial charge in [-0.1, -0.05) is 18.2 Å². The Balaban J connectivity index is 2.18. The summed E-state index contributed by atoms with van der Waals surface area (Å²) < 4.78 is 7.94. The van der Waals surface area contributed by atoms with Gasteiger partial charge in [0.2, 0.25) is 0 Å². The van der Waals surface area contributed by atoms with Crippen LogP contribution in [0.5, 0.6) is 0 Å². The molecule has 1 aromatic carbocycles. The van der Waals surface area contributed by atoms with Gasteiger partial charge in [0.05, 0.1) is 12.7 Å². The van der Waals surface area contributed by atoms with Gasteiger partial charge in [0.25, 0.3) is 0 Å². The maximum Gasteiger partial charge on any atom is 0.0649 e. The second kappa shape index (κ2) is 6.73. The maximum atomic E-state index is 5.64. The van der Waals surface area contributed by atoms with Gasteiger partial charge in [0, 0.05) is 23.6 Å². The molecule has 0 saturated carbocycles. The van der Waals surface area contributed by atoms with Crippen molar-refractivity contribution in [1.29, 1.82) is 0 Å². The summed E-state index contributed by atoms with van der Waals surface area (Å²) in [5, 5.41) is 1.35.